The highest BCUT2D eigenvalue weighted by Crippen LogP contribution is 2.31. The Kier molecular flexibility index (Phi) is 4.89. The van der Waals surface area contributed by atoms with Crippen LogP contribution in [0.3, 0.4) is 0 Å². The van der Waals surface area contributed by atoms with Crippen LogP contribution in [0.5, 0.6) is 0 Å². The number of benzene rings is 1. The number of aromatic nitrogens is 1. The van der Waals surface area contributed by atoms with Crippen LogP contribution < -0.4 is 0 Å². The summed E-state index contributed by atoms with van der Waals surface area (Å²) in [5.41, 5.74) is 2.40. The first-order valence-electron chi connectivity index (χ1n) is 9.52. The number of carbonyl (C=O) groups excluding carboxylic acids is 2. The maximum absolute atomic E-state index is 12.7. The van der Waals surface area contributed by atoms with Gasteiger partial charge in [0.25, 0.3) is 5.91 Å². The topological polar surface area (TPSA) is 56.4 Å². The summed E-state index contributed by atoms with van der Waals surface area (Å²) in [7, 11) is 0. The third-order valence-corrected chi connectivity index (χ3v) is 5.52. The molecule has 0 bridgehead atoms. The molecular weight excluding hydrogens is 326 g/mol. The van der Waals surface area contributed by atoms with Crippen LogP contribution in [0.2, 0.25) is 0 Å². The van der Waals surface area contributed by atoms with Crippen molar-refractivity contribution in [1.82, 2.24) is 14.8 Å². The van der Waals surface area contributed by atoms with Gasteiger partial charge in [-0.25, -0.2) is 0 Å². The van der Waals surface area contributed by atoms with Crippen molar-refractivity contribution in [3.8, 4) is 0 Å². The quantitative estimate of drug-likeness (QED) is 0.841. The molecular formula is C21H25N3O2. The van der Waals surface area contributed by atoms with Crippen LogP contribution >= 0.6 is 0 Å². The molecule has 0 radical (unpaired) electrons. The summed E-state index contributed by atoms with van der Waals surface area (Å²) in [6, 6.07) is 12.4. The molecule has 2 fully saturated rings. The molecule has 1 amide bonds. The molecule has 1 atom stereocenters. The van der Waals surface area contributed by atoms with Gasteiger partial charge in [-0.05, 0) is 43.9 Å². The lowest BCUT2D eigenvalue weighted by atomic mass is 10.0. The Labute approximate surface area is 154 Å². The zero-order chi connectivity index (χ0) is 17.9. The minimum absolute atomic E-state index is 0.00452. The second kappa shape index (κ2) is 7.46. The zero-order valence-corrected chi connectivity index (χ0v) is 15.0. The van der Waals surface area contributed by atoms with Crippen molar-refractivity contribution in [1.29, 1.82) is 0 Å². The molecule has 26 heavy (non-hydrogen) atoms. The van der Waals surface area contributed by atoms with Gasteiger partial charge < -0.3 is 9.88 Å². The lowest BCUT2D eigenvalue weighted by molar-refractivity contribution is 0.0787. The molecule has 1 aromatic carbocycles. The third-order valence-electron chi connectivity index (χ3n) is 5.52. The van der Waals surface area contributed by atoms with E-state index in [2.05, 4.69) is 34.1 Å². The van der Waals surface area contributed by atoms with Crippen molar-refractivity contribution in [2.24, 2.45) is 0 Å². The summed E-state index contributed by atoms with van der Waals surface area (Å²) in [4.78, 5) is 32.3. The minimum atomic E-state index is 0.00452. The van der Waals surface area contributed by atoms with E-state index >= 15 is 0 Å². The van der Waals surface area contributed by atoms with Gasteiger partial charge in [0.05, 0.1) is 6.54 Å². The minimum Gasteiger partial charge on any atom is -0.356 e. The Morgan fingerprint density at radius 1 is 1.04 bits per heavy atom. The number of ketones is 1. The lowest BCUT2D eigenvalue weighted by Crippen LogP contribution is -2.29. The van der Waals surface area contributed by atoms with E-state index in [-0.39, 0.29) is 11.7 Å². The van der Waals surface area contributed by atoms with Gasteiger partial charge in [0, 0.05) is 30.9 Å². The monoisotopic (exact) mass is 351 g/mol. The van der Waals surface area contributed by atoms with E-state index in [1.807, 2.05) is 11.0 Å². The van der Waals surface area contributed by atoms with Crippen molar-refractivity contribution < 1.29 is 9.59 Å². The molecule has 4 rings (SSSR count). The first-order chi connectivity index (χ1) is 12.7. The molecule has 2 aromatic rings. The summed E-state index contributed by atoms with van der Waals surface area (Å²) in [6.07, 6.45) is 6.00. The normalized spacial score (nSPS) is 20.6. The first-order valence-corrected chi connectivity index (χ1v) is 9.52. The Morgan fingerprint density at radius 3 is 2.58 bits per heavy atom. The smallest absolute Gasteiger partial charge is 0.270 e. The summed E-state index contributed by atoms with van der Waals surface area (Å²) in [5, 5.41) is 0. The highest BCUT2D eigenvalue weighted by Gasteiger charge is 2.28. The van der Waals surface area contributed by atoms with E-state index in [0.717, 1.165) is 45.3 Å². The molecule has 1 aromatic heterocycles. The van der Waals surface area contributed by atoms with Gasteiger partial charge in [-0.15, -0.1) is 0 Å². The van der Waals surface area contributed by atoms with Crippen molar-refractivity contribution in [3.05, 3.63) is 59.4 Å². The van der Waals surface area contributed by atoms with Crippen LogP contribution in [0.25, 0.3) is 0 Å². The van der Waals surface area contributed by atoms with Gasteiger partial charge >= 0.3 is 0 Å². The molecule has 0 unspecified atom stereocenters. The molecule has 2 aliphatic heterocycles. The van der Waals surface area contributed by atoms with Gasteiger partial charge in [-0.2, -0.15) is 0 Å². The van der Waals surface area contributed by atoms with Gasteiger partial charge in [0.1, 0.15) is 5.69 Å². The number of carbonyl (C=O) groups is 2. The summed E-state index contributed by atoms with van der Waals surface area (Å²) in [6.45, 7) is 2.96. The van der Waals surface area contributed by atoms with Crippen LogP contribution in [0.15, 0.2) is 42.6 Å². The van der Waals surface area contributed by atoms with E-state index in [0.29, 0.717) is 23.8 Å². The molecule has 1 N–H and O–H groups in total. The largest absolute Gasteiger partial charge is 0.356 e. The van der Waals surface area contributed by atoms with E-state index in [4.69, 9.17) is 0 Å². The average Bonchev–Trinajstić information content (AvgIpc) is 3.42. The van der Waals surface area contributed by atoms with Gasteiger partial charge in [0.2, 0.25) is 0 Å². The zero-order valence-electron chi connectivity index (χ0n) is 15.0. The van der Waals surface area contributed by atoms with Crippen molar-refractivity contribution in [3.63, 3.8) is 0 Å². The fourth-order valence-electron chi connectivity index (χ4n) is 4.11. The molecule has 0 spiro atoms. The fraction of sp³-hybridized carbons (Fsp3) is 0.429. The molecule has 2 saturated heterocycles. The predicted octanol–water partition coefficient (Wildman–Crippen LogP) is 3.27. The number of amides is 1. The van der Waals surface area contributed by atoms with Gasteiger partial charge in [0.15, 0.2) is 5.78 Å². The summed E-state index contributed by atoms with van der Waals surface area (Å²) >= 11 is 0. The summed E-state index contributed by atoms with van der Waals surface area (Å²) < 4.78 is 0. The van der Waals surface area contributed by atoms with Crippen LogP contribution in [-0.2, 0) is 0 Å². The van der Waals surface area contributed by atoms with Crippen molar-refractivity contribution >= 4 is 11.7 Å². The molecule has 5 heteroatoms. The van der Waals surface area contributed by atoms with Crippen LogP contribution in [-0.4, -0.2) is 52.7 Å². The molecule has 0 saturated carbocycles. The highest BCUT2D eigenvalue weighted by atomic mass is 16.2. The molecule has 5 nitrogen and oxygen atoms in total. The number of likely N-dealkylation sites (tertiary alicyclic amines) is 2. The summed E-state index contributed by atoms with van der Waals surface area (Å²) in [5.74, 6) is 0.0782. The van der Waals surface area contributed by atoms with Gasteiger partial charge in [-0.1, -0.05) is 30.3 Å². The van der Waals surface area contributed by atoms with E-state index in [1.54, 1.807) is 12.3 Å². The molecule has 3 heterocycles. The highest BCUT2D eigenvalue weighted by molar-refractivity contribution is 6.01. The number of H-pyrrole nitrogens is 1. The molecule has 2 aliphatic rings. The molecule has 136 valence electrons. The second-order valence-corrected chi connectivity index (χ2v) is 7.26. The van der Waals surface area contributed by atoms with Crippen molar-refractivity contribution in [2.75, 3.05) is 26.2 Å². The van der Waals surface area contributed by atoms with E-state index in [1.165, 1.54) is 5.56 Å². The van der Waals surface area contributed by atoms with Crippen molar-refractivity contribution in [2.45, 2.75) is 31.7 Å². The standard InChI is InChI=1S/C21H25N3O2/c25-20(15-24-12-6-9-19(24)16-7-2-1-3-8-16)17-13-18(22-14-17)21(26)23-10-4-5-11-23/h1-3,7-8,13-14,19,22H,4-6,9-12,15H2/t19-/m1/s1. The third kappa shape index (κ3) is 3.44. The first kappa shape index (κ1) is 17.0. The lowest BCUT2D eigenvalue weighted by Gasteiger charge is -2.23. The van der Waals surface area contributed by atoms with E-state index < -0.39 is 0 Å². The Bertz CT molecular complexity index is 778. The average molecular weight is 351 g/mol. The predicted molar refractivity (Wildman–Crippen MR) is 100 cm³/mol. The number of hydrogen-bond donors (Lipinski definition) is 1. The van der Waals surface area contributed by atoms with Crippen LogP contribution in [0, 0.1) is 0 Å². The maximum atomic E-state index is 12.7. The number of hydrogen-bond acceptors (Lipinski definition) is 3. The number of Topliss-reactive ketones (excluding diaryl/α,β-unsaturated/α-hetero) is 1. The number of aromatic amines is 1. The van der Waals surface area contributed by atoms with E-state index in [9.17, 15) is 9.59 Å². The Hall–Kier alpha value is -2.40. The second-order valence-electron chi connectivity index (χ2n) is 7.26. The SMILES string of the molecule is O=C(CN1CCC[C@@H]1c1ccccc1)c1c[nH]c(C(=O)N2CCCC2)c1. The van der Waals surface area contributed by atoms with Crippen LogP contribution in [0.4, 0.5) is 0 Å². The maximum Gasteiger partial charge on any atom is 0.270 e. The molecule has 0 aliphatic carbocycles. The fourth-order valence-corrected chi connectivity index (χ4v) is 4.11. The Balaban J connectivity index is 1.42. The number of nitrogens with zero attached hydrogens (tertiary/aromatic N) is 2. The Morgan fingerprint density at radius 2 is 1.81 bits per heavy atom. The number of rotatable bonds is 5. The van der Waals surface area contributed by atoms with Crippen LogP contribution in [0.1, 0.15) is 58.1 Å². The number of nitrogens with one attached hydrogen (secondary N) is 1. The van der Waals surface area contributed by atoms with Gasteiger partial charge in [-0.3, -0.25) is 14.5 Å².